The standard InChI is InChI=1S/C17H27FN2/c1-13(15-7-5-6-8-16(15)18)20(4)12-17(2,3)11-19-14-9-10-14/h5-8,13-14,19H,9-12H2,1-4H3. The normalized spacial score (nSPS) is 17.5. The van der Waals surface area contributed by atoms with E-state index in [4.69, 9.17) is 0 Å². The molecule has 0 spiro atoms. The minimum Gasteiger partial charge on any atom is -0.313 e. The number of benzene rings is 1. The van der Waals surface area contributed by atoms with Crippen LogP contribution in [0.15, 0.2) is 24.3 Å². The van der Waals surface area contributed by atoms with E-state index in [1.54, 1.807) is 12.1 Å². The van der Waals surface area contributed by atoms with Crippen LogP contribution in [0.4, 0.5) is 4.39 Å². The third-order valence-corrected chi connectivity index (χ3v) is 4.14. The smallest absolute Gasteiger partial charge is 0.127 e. The highest BCUT2D eigenvalue weighted by molar-refractivity contribution is 5.20. The van der Waals surface area contributed by atoms with Gasteiger partial charge in [0.1, 0.15) is 5.82 Å². The van der Waals surface area contributed by atoms with Crippen molar-refractivity contribution in [3.05, 3.63) is 35.6 Å². The molecule has 1 aliphatic carbocycles. The van der Waals surface area contributed by atoms with E-state index in [2.05, 4.69) is 38.0 Å². The first-order valence-corrected chi connectivity index (χ1v) is 7.57. The summed E-state index contributed by atoms with van der Waals surface area (Å²) in [5.74, 6) is -0.110. The van der Waals surface area contributed by atoms with Crippen LogP contribution < -0.4 is 5.32 Å². The molecule has 1 saturated carbocycles. The Morgan fingerprint density at radius 3 is 2.60 bits per heavy atom. The van der Waals surface area contributed by atoms with Gasteiger partial charge in [-0.1, -0.05) is 32.0 Å². The predicted molar refractivity (Wildman–Crippen MR) is 82.3 cm³/mol. The summed E-state index contributed by atoms with van der Waals surface area (Å²) in [5.41, 5.74) is 0.970. The highest BCUT2D eigenvalue weighted by Crippen LogP contribution is 2.26. The van der Waals surface area contributed by atoms with Crippen LogP contribution in [0.3, 0.4) is 0 Å². The summed E-state index contributed by atoms with van der Waals surface area (Å²) in [6, 6.07) is 7.91. The van der Waals surface area contributed by atoms with Crippen LogP contribution in [0, 0.1) is 11.2 Å². The molecule has 1 aliphatic rings. The van der Waals surface area contributed by atoms with Crippen LogP contribution in [-0.2, 0) is 0 Å². The summed E-state index contributed by atoms with van der Waals surface area (Å²) in [4.78, 5) is 2.24. The molecule has 1 aromatic rings. The molecule has 20 heavy (non-hydrogen) atoms. The summed E-state index contributed by atoms with van der Waals surface area (Å²) in [7, 11) is 2.08. The SMILES string of the molecule is CC(c1ccccc1F)N(C)CC(C)(C)CNC1CC1. The van der Waals surface area contributed by atoms with E-state index in [9.17, 15) is 4.39 Å². The Balaban J connectivity index is 1.92. The molecule has 0 radical (unpaired) electrons. The number of nitrogens with one attached hydrogen (secondary N) is 1. The van der Waals surface area contributed by atoms with Gasteiger partial charge in [-0.15, -0.1) is 0 Å². The molecule has 1 aromatic carbocycles. The van der Waals surface area contributed by atoms with E-state index in [0.29, 0.717) is 0 Å². The number of halogens is 1. The monoisotopic (exact) mass is 278 g/mol. The molecule has 1 N–H and O–H groups in total. The number of nitrogens with zero attached hydrogens (tertiary/aromatic N) is 1. The van der Waals surface area contributed by atoms with Crippen molar-refractivity contribution in [1.29, 1.82) is 0 Å². The molecule has 1 unspecified atom stereocenters. The van der Waals surface area contributed by atoms with Crippen molar-refractivity contribution in [1.82, 2.24) is 10.2 Å². The average Bonchev–Trinajstić information content (AvgIpc) is 3.20. The van der Waals surface area contributed by atoms with Gasteiger partial charge < -0.3 is 5.32 Å². The van der Waals surface area contributed by atoms with E-state index in [1.165, 1.54) is 12.8 Å². The lowest BCUT2D eigenvalue weighted by Crippen LogP contribution is -2.40. The third kappa shape index (κ3) is 4.29. The zero-order valence-electron chi connectivity index (χ0n) is 13.1. The van der Waals surface area contributed by atoms with Gasteiger partial charge in [0, 0.05) is 30.7 Å². The van der Waals surface area contributed by atoms with Crippen LogP contribution >= 0.6 is 0 Å². The average molecular weight is 278 g/mol. The summed E-state index contributed by atoms with van der Waals surface area (Å²) in [5, 5.41) is 3.59. The molecule has 112 valence electrons. The Kier molecular flexibility index (Phi) is 4.82. The van der Waals surface area contributed by atoms with Gasteiger partial charge in [0.2, 0.25) is 0 Å². The first-order chi connectivity index (χ1) is 9.39. The first kappa shape index (κ1) is 15.5. The van der Waals surface area contributed by atoms with E-state index < -0.39 is 0 Å². The fourth-order valence-corrected chi connectivity index (χ4v) is 2.63. The Morgan fingerprint density at radius 2 is 2.00 bits per heavy atom. The van der Waals surface area contributed by atoms with Crippen molar-refractivity contribution in [2.45, 2.75) is 45.7 Å². The molecule has 2 nitrogen and oxygen atoms in total. The quantitative estimate of drug-likeness (QED) is 0.820. The Bertz CT molecular complexity index is 440. The van der Waals surface area contributed by atoms with Crippen LogP contribution in [0.2, 0.25) is 0 Å². The summed E-state index contributed by atoms with van der Waals surface area (Å²) >= 11 is 0. The Labute approximate surface area is 122 Å². The largest absolute Gasteiger partial charge is 0.313 e. The highest BCUT2D eigenvalue weighted by Gasteiger charge is 2.27. The van der Waals surface area contributed by atoms with Crippen LogP contribution in [0.5, 0.6) is 0 Å². The van der Waals surface area contributed by atoms with Crippen LogP contribution in [-0.4, -0.2) is 31.1 Å². The first-order valence-electron chi connectivity index (χ1n) is 7.57. The second-order valence-electron chi connectivity index (χ2n) is 6.93. The van der Waals surface area contributed by atoms with Crippen LogP contribution in [0.25, 0.3) is 0 Å². The van der Waals surface area contributed by atoms with Crippen molar-refractivity contribution in [2.75, 3.05) is 20.1 Å². The number of rotatable bonds is 7. The van der Waals surface area contributed by atoms with E-state index >= 15 is 0 Å². The highest BCUT2D eigenvalue weighted by atomic mass is 19.1. The second-order valence-corrected chi connectivity index (χ2v) is 6.93. The van der Waals surface area contributed by atoms with Gasteiger partial charge in [0.25, 0.3) is 0 Å². The molecule has 0 aromatic heterocycles. The number of hydrogen-bond donors (Lipinski definition) is 1. The van der Waals surface area contributed by atoms with E-state index in [0.717, 1.165) is 24.7 Å². The minimum absolute atomic E-state index is 0.0939. The number of hydrogen-bond acceptors (Lipinski definition) is 2. The maximum atomic E-state index is 13.9. The molecule has 2 rings (SSSR count). The Hall–Kier alpha value is -0.930. The van der Waals surface area contributed by atoms with Crippen LogP contribution in [0.1, 0.15) is 45.2 Å². The molecule has 0 amide bonds. The molecule has 0 saturated heterocycles. The second kappa shape index (κ2) is 6.23. The molecule has 0 bridgehead atoms. The molecule has 1 atom stereocenters. The van der Waals surface area contributed by atoms with E-state index in [1.807, 2.05) is 12.1 Å². The predicted octanol–water partition coefficient (Wildman–Crippen LogP) is 3.60. The summed E-state index contributed by atoms with van der Waals surface area (Å²) in [6.07, 6.45) is 2.63. The van der Waals surface area contributed by atoms with Crippen molar-refractivity contribution in [2.24, 2.45) is 5.41 Å². The van der Waals surface area contributed by atoms with Crippen molar-refractivity contribution in [3.8, 4) is 0 Å². The van der Waals surface area contributed by atoms with Gasteiger partial charge in [-0.25, -0.2) is 4.39 Å². The molecule has 0 aliphatic heterocycles. The van der Waals surface area contributed by atoms with Crippen molar-refractivity contribution < 1.29 is 4.39 Å². The van der Waals surface area contributed by atoms with Crippen molar-refractivity contribution in [3.63, 3.8) is 0 Å². The van der Waals surface area contributed by atoms with Gasteiger partial charge in [0.05, 0.1) is 0 Å². The molecule has 3 heteroatoms. The lowest BCUT2D eigenvalue weighted by molar-refractivity contribution is 0.163. The summed E-state index contributed by atoms with van der Waals surface area (Å²) < 4.78 is 13.9. The fourth-order valence-electron chi connectivity index (χ4n) is 2.63. The minimum atomic E-state index is -0.110. The van der Waals surface area contributed by atoms with Crippen molar-refractivity contribution >= 4 is 0 Å². The lowest BCUT2D eigenvalue weighted by atomic mass is 9.91. The zero-order chi connectivity index (χ0) is 14.8. The van der Waals surface area contributed by atoms with Gasteiger partial charge in [-0.2, -0.15) is 0 Å². The van der Waals surface area contributed by atoms with Gasteiger partial charge in [-0.3, -0.25) is 4.90 Å². The fraction of sp³-hybridized carbons (Fsp3) is 0.647. The topological polar surface area (TPSA) is 15.3 Å². The zero-order valence-corrected chi connectivity index (χ0v) is 13.1. The summed E-state index contributed by atoms with van der Waals surface area (Å²) in [6.45, 7) is 8.58. The lowest BCUT2D eigenvalue weighted by Gasteiger charge is -2.34. The molecular formula is C17H27FN2. The molecule has 0 heterocycles. The van der Waals surface area contributed by atoms with Gasteiger partial charge >= 0.3 is 0 Å². The van der Waals surface area contributed by atoms with Gasteiger partial charge in [0.15, 0.2) is 0 Å². The maximum Gasteiger partial charge on any atom is 0.127 e. The molecule has 1 fully saturated rings. The molecular weight excluding hydrogens is 251 g/mol. The maximum absolute atomic E-state index is 13.9. The van der Waals surface area contributed by atoms with E-state index in [-0.39, 0.29) is 17.3 Å². The third-order valence-electron chi connectivity index (χ3n) is 4.14. The van der Waals surface area contributed by atoms with Gasteiger partial charge in [-0.05, 0) is 38.3 Å². The Morgan fingerprint density at radius 1 is 1.35 bits per heavy atom.